The van der Waals surface area contributed by atoms with Crippen molar-refractivity contribution >= 4 is 17.4 Å². The Balaban J connectivity index is 0.00000116. The fraction of sp³-hybridized carbons (Fsp3) is 0.611. The summed E-state index contributed by atoms with van der Waals surface area (Å²) in [5, 5.41) is 4.25. The first-order valence-electron chi connectivity index (χ1n) is 8.09. The molecular weight excluding hydrogens is 298 g/mol. The first-order valence-corrected chi connectivity index (χ1v) is 8.47. The van der Waals surface area contributed by atoms with Gasteiger partial charge in [0.05, 0.1) is 5.92 Å². The highest BCUT2D eigenvalue weighted by Crippen LogP contribution is 2.23. The van der Waals surface area contributed by atoms with Crippen LogP contribution in [0.5, 0.6) is 0 Å². The molecule has 1 fully saturated rings. The number of ether oxygens (including phenoxy) is 1. The molecule has 0 amide bonds. The third kappa shape index (κ3) is 5.71. The van der Waals surface area contributed by atoms with Crippen molar-refractivity contribution in [2.75, 3.05) is 19.8 Å². The van der Waals surface area contributed by atoms with E-state index in [0.29, 0.717) is 11.6 Å². The van der Waals surface area contributed by atoms with Crippen LogP contribution in [0.2, 0.25) is 5.02 Å². The molecule has 1 aromatic carbocycles. The molecule has 1 N–H and O–H groups in total. The predicted molar refractivity (Wildman–Crippen MR) is 92.7 cm³/mol. The smallest absolute Gasteiger partial charge is 0.138 e. The zero-order valence-corrected chi connectivity index (χ0v) is 14.9. The molecular formula is C18H28ClNO2. The number of nitrogens with one attached hydrogen (secondary N) is 1. The average molecular weight is 326 g/mol. The molecule has 0 spiro atoms. The minimum atomic E-state index is -0.119. The van der Waals surface area contributed by atoms with Crippen LogP contribution in [0.3, 0.4) is 0 Å². The number of carbonyl (C=O) groups is 1. The lowest BCUT2D eigenvalue weighted by Crippen LogP contribution is -2.48. The Labute approximate surface area is 139 Å². The van der Waals surface area contributed by atoms with Gasteiger partial charge in [0, 0.05) is 30.3 Å². The van der Waals surface area contributed by atoms with Crippen molar-refractivity contribution in [2.24, 2.45) is 0 Å². The number of ketones is 1. The molecule has 2 rings (SSSR count). The summed E-state index contributed by atoms with van der Waals surface area (Å²) >= 11 is 5.90. The standard InChI is InChI=1S/C16H22ClNO2.C2H6/c1-12(19)15(13-3-5-14(17)6-4-13)11-18-16(2)7-9-20-10-8-16;1-2/h3-6,15,18H,7-11H2,1-2H3;1-2H3. The van der Waals surface area contributed by atoms with E-state index in [1.165, 1.54) is 0 Å². The van der Waals surface area contributed by atoms with E-state index < -0.39 is 0 Å². The summed E-state index contributed by atoms with van der Waals surface area (Å²) in [6, 6.07) is 7.54. The van der Waals surface area contributed by atoms with Gasteiger partial charge in [-0.2, -0.15) is 0 Å². The second kappa shape index (κ2) is 9.29. The third-order valence-corrected chi connectivity index (χ3v) is 4.34. The second-order valence-electron chi connectivity index (χ2n) is 5.77. The van der Waals surface area contributed by atoms with Crippen LogP contribution in [0.1, 0.15) is 52.0 Å². The Hall–Kier alpha value is -0.900. The number of carbonyl (C=O) groups excluding carboxylic acids is 1. The van der Waals surface area contributed by atoms with Gasteiger partial charge in [0.25, 0.3) is 0 Å². The van der Waals surface area contributed by atoms with Crippen molar-refractivity contribution in [3.05, 3.63) is 34.9 Å². The van der Waals surface area contributed by atoms with Crippen LogP contribution >= 0.6 is 11.6 Å². The van der Waals surface area contributed by atoms with Gasteiger partial charge in [-0.15, -0.1) is 0 Å². The van der Waals surface area contributed by atoms with Crippen molar-refractivity contribution in [3.8, 4) is 0 Å². The monoisotopic (exact) mass is 325 g/mol. The van der Waals surface area contributed by atoms with Gasteiger partial charge >= 0.3 is 0 Å². The lowest BCUT2D eigenvalue weighted by molar-refractivity contribution is -0.118. The number of benzene rings is 1. The minimum Gasteiger partial charge on any atom is -0.381 e. The predicted octanol–water partition coefficient (Wildman–Crippen LogP) is 4.20. The molecule has 0 aliphatic carbocycles. The minimum absolute atomic E-state index is 0.0678. The van der Waals surface area contributed by atoms with Crippen LogP contribution in [0, 0.1) is 0 Å². The lowest BCUT2D eigenvalue weighted by atomic mass is 9.89. The van der Waals surface area contributed by atoms with E-state index in [1.807, 2.05) is 38.1 Å². The number of Topliss-reactive ketones (excluding diaryl/α,β-unsaturated/α-hetero) is 1. The summed E-state index contributed by atoms with van der Waals surface area (Å²) in [5.74, 6) is 0.0578. The van der Waals surface area contributed by atoms with Crippen LogP contribution in [0.25, 0.3) is 0 Å². The Morgan fingerprint density at radius 1 is 1.27 bits per heavy atom. The van der Waals surface area contributed by atoms with E-state index in [0.717, 1.165) is 31.6 Å². The normalized spacial score (nSPS) is 18.0. The molecule has 0 bridgehead atoms. The highest BCUT2D eigenvalue weighted by Gasteiger charge is 2.28. The summed E-state index contributed by atoms with van der Waals surface area (Å²) < 4.78 is 5.40. The lowest BCUT2D eigenvalue weighted by Gasteiger charge is -2.35. The molecule has 0 saturated carbocycles. The van der Waals surface area contributed by atoms with E-state index in [9.17, 15) is 4.79 Å². The summed E-state index contributed by atoms with van der Waals surface area (Å²) in [5.41, 5.74) is 1.09. The Morgan fingerprint density at radius 3 is 2.32 bits per heavy atom. The maximum atomic E-state index is 11.9. The molecule has 3 nitrogen and oxygen atoms in total. The molecule has 0 radical (unpaired) electrons. The largest absolute Gasteiger partial charge is 0.381 e. The molecule has 1 atom stereocenters. The highest BCUT2D eigenvalue weighted by atomic mass is 35.5. The number of hydrogen-bond donors (Lipinski definition) is 1. The summed E-state index contributed by atoms with van der Waals surface area (Å²) in [6.07, 6.45) is 1.97. The molecule has 1 aromatic rings. The van der Waals surface area contributed by atoms with E-state index >= 15 is 0 Å². The zero-order valence-electron chi connectivity index (χ0n) is 14.1. The van der Waals surface area contributed by atoms with E-state index in [4.69, 9.17) is 16.3 Å². The fourth-order valence-electron chi connectivity index (χ4n) is 2.54. The molecule has 0 aromatic heterocycles. The van der Waals surface area contributed by atoms with Crippen LogP contribution in [0.15, 0.2) is 24.3 Å². The van der Waals surface area contributed by atoms with Gasteiger partial charge in [-0.25, -0.2) is 0 Å². The zero-order chi connectivity index (χ0) is 16.6. The molecule has 1 heterocycles. The highest BCUT2D eigenvalue weighted by molar-refractivity contribution is 6.30. The van der Waals surface area contributed by atoms with Crippen molar-refractivity contribution in [2.45, 2.75) is 52.0 Å². The summed E-state index contributed by atoms with van der Waals surface area (Å²) in [6.45, 7) is 10.1. The molecule has 1 aliphatic rings. The average Bonchev–Trinajstić information content (AvgIpc) is 2.51. The number of halogens is 1. The van der Waals surface area contributed by atoms with Gasteiger partial charge in [-0.3, -0.25) is 4.79 Å². The third-order valence-electron chi connectivity index (χ3n) is 4.09. The quantitative estimate of drug-likeness (QED) is 0.881. The van der Waals surface area contributed by atoms with Gasteiger partial charge in [0.1, 0.15) is 5.78 Å². The van der Waals surface area contributed by atoms with Gasteiger partial charge in [-0.1, -0.05) is 37.6 Å². The topological polar surface area (TPSA) is 38.3 Å². The van der Waals surface area contributed by atoms with Crippen LogP contribution < -0.4 is 5.32 Å². The van der Waals surface area contributed by atoms with Gasteiger partial charge in [0.15, 0.2) is 0 Å². The Kier molecular flexibility index (Phi) is 8.08. The summed E-state index contributed by atoms with van der Waals surface area (Å²) in [4.78, 5) is 11.9. The van der Waals surface area contributed by atoms with Crippen molar-refractivity contribution < 1.29 is 9.53 Å². The van der Waals surface area contributed by atoms with Crippen molar-refractivity contribution in [1.82, 2.24) is 5.32 Å². The maximum absolute atomic E-state index is 11.9. The first-order chi connectivity index (χ1) is 10.5. The SMILES string of the molecule is CC.CC(=O)C(CNC1(C)CCOCC1)c1ccc(Cl)cc1. The Morgan fingerprint density at radius 2 is 1.82 bits per heavy atom. The first kappa shape index (κ1) is 19.1. The van der Waals surface area contributed by atoms with Crippen molar-refractivity contribution in [1.29, 1.82) is 0 Å². The molecule has 124 valence electrons. The van der Waals surface area contributed by atoms with E-state index in [1.54, 1.807) is 6.92 Å². The van der Waals surface area contributed by atoms with E-state index in [-0.39, 0.29) is 17.2 Å². The molecule has 22 heavy (non-hydrogen) atoms. The number of hydrogen-bond acceptors (Lipinski definition) is 3. The summed E-state index contributed by atoms with van der Waals surface area (Å²) in [7, 11) is 0. The molecule has 1 unspecified atom stereocenters. The Bertz CT molecular complexity index is 453. The van der Waals surface area contributed by atoms with Gasteiger partial charge < -0.3 is 10.1 Å². The molecule has 1 saturated heterocycles. The fourth-order valence-corrected chi connectivity index (χ4v) is 2.66. The molecule has 4 heteroatoms. The molecule has 1 aliphatic heterocycles. The van der Waals surface area contributed by atoms with Gasteiger partial charge in [0.2, 0.25) is 0 Å². The van der Waals surface area contributed by atoms with Crippen LogP contribution in [-0.2, 0) is 9.53 Å². The second-order valence-corrected chi connectivity index (χ2v) is 6.21. The van der Waals surface area contributed by atoms with Crippen LogP contribution in [0.4, 0.5) is 0 Å². The number of rotatable bonds is 5. The van der Waals surface area contributed by atoms with Crippen LogP contribution in [-0.4, -0.2) is 31.1 Å². The maximum Gasteiger partial charge on any atom is 0.138 e. The van der Waals surface area contributed by atoms with Crippen molar-refractivity contribution in [3.63, 3.8) is 0 Å². The van der Waals surface area contributed by atoms with E-state index in [2.05, 4.69) is 12.2 Å². The van der Waals surface area contributed by atoms with Gasteiger partial charge in [-0.05, 0) is 44.4 Å².